The van der Waals surface area contributed by atoms with Crippen LogP contribution in [0, 0.1) is 29.1 Å². The molecule has 154 valence electrons. The molecule has 0 aromatic heterocycles. The van der Waals surface area contributed by atoms with Crippen molar-refractivity contribution >= 4 is 6.03 Å². The molecule has 2 aliphatic heterocycles. The lowest BCUT2D eigenvalue weighted by molar-refractivity contribution is -0.0273. The van der Waals surface area contributed by atoms with Gasteiger partial charge in [0.2, 0.25) is 29.1 Å². The van der Waals surface area contributed by atoms with E-state index in [9.17, 15) is 26.7 Å². The van der Waals surface area contributed by atoms with E-state index in [0.29, 0.717) is 18.4 Å². The first-order chi connectivity index (χ1) is 13.7. The SMILES string of the molecule is NC(=O)N1C2CCC1CC(Oc1c(F)c(F)c(F)c(F)c1F)(c1ccccc1)C2. The van der Waals surface area contributed by atoms with Gasteiger partial charge in [0.15, 0.2) is 5.75 Å². The van der Waals surface area contributed by atoms with Crippen molar-refractivity contribution < 1.29 is 31.5 Å². The maximum atomic E-state index is 14.3. The van der Waals surface area contributed by atoms with Gasteiger partial charge in [-0.2, -0.15) is 8.78 Å². The number of hydrogen-bond acceptors (Lipinski definition) is 2. The number of halogens is 5. The second-order valence-corrected chi connectivity index (χ2v) is 7.40. The molecule has 2 bridgehead atoms. The molecule has 2 saturated heterocycles. The number of rotatable bonds is 3. The lowest BCUT2D eigenvalue weighted by atomic mass is 9.80. The highest BCUT2D eigenvalue weighted by Gasteiger charge is 2.52. The van der Waals surface area contributed by atoms with Crippen LogP contribution in [0.4, 0.5) is 26.7 Å². The van der Waals surface area contributed by atoms with Crippen molar-refractivity contribution in [3.8, 4) is 5.75 Å². The third-order valence-electron chi connectivity index (χ3n) is 5.77. The van der Waals surface area contributed by atoms with Gasteiger partial charge in [-0.1, -0.05) is 30.3 Å². The van der Waals surface area contributed by atoms with E-state index in [-0.39, 0.29) is 24.9 Å². The maximum absolute atomic E-state index is 14.3. The summed E-state index contributed by atoms with van der Waals surface area (Å²) in [5.41, 5.74) is 4.60. The Labute approximate surface area is 163 Å². The first-order valence-electron chi connectivity index (χ1n) is 9.09. The average molecular weight is 412 g/mol. The van der Waals surface area contributed by atoms with Crippen molar-refractivity contribution in [2.75, 3.05) is 0 Å². The van der Waals surface area contributed by atoms with Gasteiger partial charge in [0, 0.05) is 24.9 Å². The number of ether oxygens (including phenoxy) is 1. The zero-order valence-electron chi connectivity index (χ0n) is 15.1. The Morgan fingerprint density at radius 2 is 1.38 bits per heavy atom. The zero-order chi connectivity index (χ0) is 20.9. The second kappa shape index (κ2) is 6.89. The Kier molecular flexibility index (Phi) is 4.63. The van der Waals surface area contributed by atoms with Crippen LogP contribution in [-0.2, 0) is 5.60 Å². The summed E-state index contributed by atoms with van der Waals surface area (Å²) in [7, 11) is 0. The molecular weight excluding hydrogens is 395 g/mol. The average Bonchev–Trinajstić information content (AvgIpc) is 3.01. The van der Waals surface area contributed by atoms with Gasteiger partial charge in [-0.05, 0) is 18.4 Å². The van der Waals surface area contributed by atoms with Crippen LogP contribution in [0.3, 0.4) is 0 Å². The maximum Gasteiger partial charge on any atom is 0.315 e. The van der Waals surface area contributed by atoms with Gasteiger partial charge in [-0.15, -0.1) is 0 Å². The van der Waals surface area contributed by atoms with Crippen molar-refractivity contribution in [1.29, 1.82) is 0 Å². The Balaban J connectivity index is 1.83. The number of fused-ring (bicyclic) bond motifs is 2. The topological polar surface area (TPSA) is 55.6 Å². The number of hydrogen-bond donors (Lipinski definition) is 1. The van der Waals surface area contributed by atoms with Crippen molar-refractivity contribution in [3.63, 3.8) is 0 Å². The largest absolute Gasteiger partial charge is 0.476 e. The fraction of sp³-hybridized carbons (Fsp3) is 0.350. The minimum absolute atomic E-state index is 0.107. The summed E-state index contributed by atoms with van der Waals surface area (Å²) in [5, 5.41) is 0. The zero-order valence-corrected chi connectivity index (χ0v) is 15.1. The van der Waals surface area contributed by atoms with Crippen LogP contribution < -0.4 is 10.5 Å². The summed E-state index contributed by atoms with van der Waals surface area (Å²) < 4.78 is 75.1. The van der Waals surface area contributed by atoms with Gasteiger partial charge in [0.1, 0.15) is 5.60 Å². The van der Waals surface area contributed by atoms with E-state index in [1.807, 2.05) is 0 Å². The highest BCUT2D eigenvalue weighted by Crippen LogP contribution is 2.49. The van der Waals surface area contributed by atoms with E-state index >= 15 is 0 Å². The highest BCUT2D eigenvalue weighted by atomic mass is 19.2. The van der Waals surface area contributed by atoms with Crippen molar-refractivity contribution in [1.82, 2.24) is 4.90 Å². The number of benzene rings is 2. The fourth-order valence-corrected chi connectivity index (χ4v) is 4.56. The molecule has 4 rings (SSSR count). The number of urea groups is 1. The van der Waals surface area contributed by atoms with Crippen LogP contribution in [0.2, 0.25) is 0 Å². The Morgan fingerprint density at radius 3 is 1.86 bits per heavy atom. The van der Waals surface area contributed by atoms with E-state index < -0.39 is 46.5 Å². The van der Waals surface area contributed by atoms with Crippen LogP contribution in [0.15, 0.2) is 30.3 Å². The molecule has 0 saturated carbocycles. The third kappa shape index (κ3) is 2.99. The van der Waals surface area contributed by atoms with E-state index in [4.69, 9.17) is 10.5 Å². The lowest BCUT2D eigenvalue weighted by Crippen LogP contribution is -2.55. The Bertz CT molecular complexity index is 926. The molecule has 2 aliphatic rings. The van der Waals surface area contributed by atoms with Crippen LogP contribution in [0.1, 0.15) is 31.2 Å². The summed E-state index contributed by atoms with van der Waals surface area (Å²) in [6, 6.07) is 7.05. The number of piperidine rings is 1. The summed E-state index contributed by atoms with van der Waals surface area (Å²) in [6.45, 7) is 0. The highest BCUT2D eigenvalue weighted by molar-refractivity contribution is 5.73. The molecule has 2 atom stereocenters. The van der Waals surface area contributed by atoms with Crippen LogP contribution >= 0.6 is 0 Å². The molecule has 2 aromatic rings. The molecule has 0 radical (unpaired) electrons. The number of nitrogens with two attached hydrogens (primary N) is 1. The van der Waals surface area contributed by atoms with Crippen molar-refractivity contribution in [2.45, 2.75) is 43.4 Å². The number of primary amides is 1. The first kappa shape index (κ1) is 19.5. The summed E-state index contributed by atoms with van der Waals surface area (Å²) in [4.78, 5) is 13.3. The van der Waals surface area contributed by atoms with Gasteiger partial charge in [0.25, 0.3) is 0 Å². The smallest absolute Gasteiger partial charge is 0.315 e. The molecule has 29 heavy (non-hydrogen) atoms. The number of carbonyl (C=O) groups is 1. The van der Waals surface area contributed by atoms with Gasteiger partial charge in [-0.3, -0.25) is 0 Å². The second-order valence-electron chi connectivity index (χ2n) is 7.40. The van der Waals surface area contributed by atoms with Crippen molar-refractivity contribution in [2.24, 2.45) is 5.73 Å². The molecule has 2 aromatic carbocycles. The monoisotopic (exact) mass is 412 g/mol. The summed E-state index contributed by atoms with van der Waals surface area (Å²) >= 11 is 0. The van der Waals surface area contributed by atoms with Crippen molar-refractivity contribution in [3.05, 3.63) is 65.0 Å². The molecule has 2 amide bonds. The molecular formula is C20H17F5N2O2. The quantitative estimate of drug-likeness (QED) is 0.463. The van der Waals surface area contributed by atoms with Crippen LogP contribution in [0.5, 0.6) is 5.75 Å². The standard InChI is InChI=1S/C20H17F5N2O2/c21-13-14(22)16(24)18(17(25)15(13)23)29-20(10-4-2-1-3-5-10)8-11-6-7-12(9-20)27(11)19(26)28/h1-5,11-12H,6-9H2,(H2,26,28). The van der Waals surface area contributed by atoms with Gasteiger partial charge < -0.3 is 15.4 Å². The number of amides is 2. The molecule has 9 heteroatoms. The normalized spacial score (nSPS) is 25.9. The summed E-state index contributed by atoms with van der Waals surface area (Å²) in [5.74, 6) is -11.8. The molecule has 2 N–H and O–H groups in total. The predicted molar refractivity (Wildman–Crippen MR) is 92.4 cm³/mol. The van der Waals surface area contributed by atoms with Gasteiger partial charge >= 0.3 is 6.03 Å². The fourth-order valence-electron chi connectivity index (χ4n) is 4.56. The minimum Gasteiger partial charge on any atom is -0.476 e. The van der Waals surface area contributed by atoms with Crippen LogP contribution in [-0.4, -0.2) is 23.0 Å². The molecule has 0 spiro atoms. The molecule has 2 heterocycles. The Hall–Kier alpha value is -2.84. The van der Waals surface area contributed by atoms with E-state index in [1.165, 1.54) is 4.90 Å². The summed E-state index contributed by atoms with van der Waals surface area (Å²) in [6.07, 6.45) is 1.41. The Morgan fingerprint density at radius 1 is 0.897 bits per heavy atom. The lowest BCUT2D eigenvalue weighted by Gasteiger charge is -2.46. The van der Waals surface area contributed by atoms with Gasteiger partial charge in [-0.25, -0.2) is 18.0 Å². The number of carbonyl (C=O) groups excluding carboxylic acids is 1. The van der Waals surface area contributed by atoms with Crippen LogP contribution in [0.25, 0.3) is 0 Å². The molecule has 2 unspecified atom stereocenters. The van der Waals surface area contributed by atoms with Gasteiger partial charge in [0.05, 0.1) is 0 Å². The minimum atomic E-state index is -2.25. The molecule has 0 aliphatic carbocycles. The molecule has 2 fully saturated rings. The third-order valence-corrected chi connectivity index (χ3v) is 5.77. The first-order valence-corrected chi connectivity index (χ1v) is 9.09. The van der Waals surface area contributed by atoms with E-state index in [0.717, 1.165) is 0 Å². The van der Waals surface area contributed by atoms with E-state index in [1.54, 1.807) is 30.3 Å². The predicted octanol–water partition coefficient (Wildman–Crippen LogP) is 4.36. The van der Waals surface area contributed by atoms with E-state index in [2.05, 4.69) is 0 Å². The number of nitrogens with zero attached hydrogens (tertiary/aromatic N) is 1. The molecule has 4 nitrogen and oxygen atoms in total.